The van der Waals surface area contributed by atoms with Gasteiger partial charge in [-0.3, -0.25) is 0 Å². The summed E-state index contributed by atoms with van der Waals surface area (Å²) in [6.07, 6.45) is 2.52. The fourth-order valence-electron chi connectivity index (χ4n) is 3.49. The molecule has 0 saturated carbocycles. The molecule has 0 radical (unpaired) electrons. The van der Waals surface area contributed by atoms with Gasteiger partial charge in [0.05, 0.1) is 20.3 Å². The van der Waals surface area contributed by atoms with Crippen molar-refractivity contribution in [1.82, 2.24) is 0 Å². The number of phenolic OH excluding ortho intramolecular Hbond substituents is 1. The lowest BCUT2D eigenvalue weighted by Gasteiger charge is -2.13. The van der Waals surface area contributed by atoms with Gasteiger partial charge in [0.1, 0.15) is 35.4 Å². The van der Waals surface area contributed by atoms with Crippen LogP contribution >= 0.6 is 0 Å². The Hall–Kier alpha value is -3.34. The van der Waals surface area contributed by atoms with Gasteiger partial charge in [0, 0.05) is 12.1 Å². The molecular formula is C27H32O5. The molecule has 0 aliphatic heterocycles. The van der Waals surface area contributed by atoms with E-state index in [4.69, 9.17) is 18.9 Å². The molecule has 0 aliphatic rings. The van der Waals surface area contributed by atoms with E-state index in [1.165, 1.54) is 0 Å². The number of rotatable bonds is 12. The van der Waals surface area contributed by atoms with Crippen LogP contribution in [0.15, 0.2) is 60.7 Å². The zero-order valence-corrected chi connectivity index (χ0v) is 19.1. The molecule has 0 bridgehead atoms. The van der Waals surface area contributed by atoms with Crippen LogP contribution in [0.2, 0.25) is 0 Å². The van der Waals surface area contributed by atoms with Gasteiger partial charge >= 0.3 is 0 Å². The van der Waals surface area contributed by atoms with Crippen molar-refractivity contribution in [2.75, 3.05) is 20.3 Å². The molecule has 5 nitrogen and oxygen atoms in total. The predicted molar refractivity (Wildman–Crippen MR) is 126 cm³/mol. The molecule has 0 heterocycles. The van der Waals surface area contributed by atoms with Crippen LogP contribution in [0.1, 0.15) is 37.0 Å². The third-order valence-electron chi connectivity index (χ3n) is 5.16. The number of aromatic hydroxyl groups is 1. The molecule has 0 unspecified atom stereocenters. The van der Waals surface area contributed by atoms with Crippen LogP contribution in [0.25, 0.3) is 0 Å². The molecule has 0 aromatic heterocycles. The summed E-state index contributed by atoms with van der Waals surface area (Å²) in [7, 11) is 1.64. The summed E-state index contributed by atoms with van der Waals surface area (Å²) in [5.41, 5.74) is 3.09. The van der Waals surface area contributed by atoms with Crippen molar-refractivity contribution in [3.63, 3.8) is 0 Å². The second-order valence-corrected chi connectivity index (χ2v) is 7.42. The Bertz CT molecular complexity index is 982. The Balaban J connectivity index is 1.54. The molecule has 0 amide bonds. The maximum atomic E-state index is 10.5. The number of ether oxygens (including phenoxy) is 4. The topological polar surface area (TPSA) is 57.2 Å². The van der Waals surface area contributed by atoms with Crippen LogP contribution in [-0.4, -0.2) is 25.4 Å². The second-order valence-electron chi connectivity index (χ2n) is 7.42. The van der Waals surface area contributed by atoms with Gasteiger partial charge in [-0.25, -0.2) is 0 Å². The molecule has 0 saturated heterocycles. The highest BCUT2D eigenvalue weighted by Crippen LogP contribution is 2.29. The summed E-state index contributed by atoms with van der Waals surface area (Å²) < 4.78 is 22.4. The van der Waals surface area contributed by atoms with Gasteiger partial charge in [-0.1, -0.05) is 24.3 Å². The normalized spacial score (nSPS) is 10.6. The number of aryl methyl sites for hydroxylation is 2. The largest absolute Gasteiger partial charge is 0.508 e. The number of benzene rings is 3. The lowest BCUT2D eigenvalue weighted by Crippen LogP contribution is -2.00. The standard InChI is InChI=1S/C27H32O5/c1-4-30-25-16-12-22(27(18-25)31-5-2)8-6-7-21-11-15-24(17-26(21)28)32-19-20-9-13-23(29-3)14-10-20/h9-18,28H,4-8,19H2,1-3H3. The molecule has 5 heteroatoms. The average Bonchev–Trinajstić information content (AvgIpc) is 2.81. The van der Waals surface area contributed by atoms with Gasteiger partial charge in [0.25, 0.3) is 0 Å². The first-order valence-corrected chi connectivity index (χ1v) is 11.1. The van der Waals surface area contributed by atoms with Crippen LogP contribution in [-0.2, 0) is 19.4 Å². The molecule has 170 valence electrons. The van der Waals surface area contributed by atoms with E-state index in [9.17, 15) is 5.11 Å². The first-order chi connectivity index (χ1) is 15.6. The van der Waals surface area contributed by atoms with E-state index in [0.29, 0.717) is 25.6 Å². The average molecular weight is 437 g/mol. The second kappa shape index (κ2) is 11.9. The molecule has 32 heavy (non-hydrogen) atoms. The van der Waals surface area contributed by atoms with Gasteiger partial charge in [-0.05, 0) is 74.1 Å². The van der Waals surface area contributed by atoms with Crippen molar-refractivity contribution < 1.29 is 24.1 Å². The van der Waals surface area contributed by atoms with E-state index in [1.807, 2.05) is 62.4 Å². The number of hydrogen-bond donors (Lipinski definition) is 1. The fraction of sp³-hybridized carbons (Fsp3) is 0.333. The molecule has 0 fully saturated rings. The lowest BCUT2D eigenvalue weighted by molar-refractivity contribution is 0.304. The summed E-state index contributed by atoms with van der Waals surface area (Å²) in [5, 5.41) is 10.5. The van der Waals surface area contributed by atoms with E-state index in [2.05, 4.69) is 6.07 Å². The Morgan fingerprint density at radius 2 is 1.31 bits per heavy atom. The maximum absolute atomic E-state index is 10.5. The highest BCUT2D eigenvalue weighted by molar-refractivity contribution is 5.42. The maximum Gasteiger partial charge on any atom is 0.126 e. The van der Waals surface area contributed by atoms with Crippen LogP contribution in [0.3, 0.4) is 0 Å². The predicted octanol–water partition coefficient (Wildman–Crippen LogP) is 5.95. The fourth-order valence-corrected chi connectivity index (χ4v) is 3.49. The van der Waals surface area contributed by atoms with Crippen molar-refractivity contribution in [1.29, 1.82) is 0 Å². The first-order valence-electron chi connectivity index (χ1n) is 11.1. The Morgan fingerprint density at radius 1 is 0.688 bits per heavy atom. The summed E-state index contributed by atoms with van der Waals surface area (Å²) in [6.45, 7) is 5.62. The minimum atomic E-state index is 0.258. The van der Waals surface area contributed by atoms with Crippen LogP contribution < -0.4 is 18.9 Å². The first kappa shape index (κ1) is 23.3. The van der Waals surface area contributed by atoms with Crippen molar-refractivity contribution in [3.8, 4) is 28.7 Å². The molecule has 1 N–H and O–H groups in total. The number of hydrogen-bond acceptors (Lipinski definition) is 5. The van der Waals surface area contributed by atoms with Gasteiger partial charge in [0.2, 0.25) is 0 Å². The zero-order valence-electron chi connectivity index (χ0n) is 19.1. The molecule has 0 atom stereocenters. The molecule has 0 aliphatic carbocycles. The minimum Gasteiger partial charge on any atom is -0.508 e. The smallest absolute Gasteiger partial charge is 0.126 e. The van der Waals surface area contributed by atoms with E-state index < -0.39 is 0 Å². The van der Waals surface area contributed by atoms with Crippen molar-refractivity contribution >= 4 is 0 Å². The Kier molecular flexibility index (Phi) is 8.67. The third-order valence-corrected chi connectivity index (χ3v) is 5.16. The van der Waals surface area contributed by atoms with Gasteiger partial charge in [-0.2, -0.15) is 0 Å². The third kappa shape index (κ3) is 6.58. The molecule has 3 rings (SSSR count). The molecule has 3 aromatic rings. The summed E-state index contributed by atoms with van der Waals surface area (Å²) in [4.78, 5) is 0. The Morgan fingerprint density at radius 3 is 1.97 bits per heavy atom. The van der Waals surface area contributed by atoms with Crippen molar-refractivity contribution in [2.24, 2.45) is 0 Å². The van der Waals surface area contributed by atoms with Crippen LogP contribution in [0.5, 0.6) is 28.7 Å². The van der Waals surface area contributed by atoms with Crippen LogP contribution in [0.4, 0.5) is 0 Å². The van der Waals surface area contributed by atoms with Crippen molar-refractivity contribution in [2.45, 2.75) is 39.7 Å². The Labute approximate surface area is 190 Å². The highest BCUT2D eigenvalue weighted by atomic mass is 16.5. The summed E-state index contributed by atoms with van der Waals surface area (Å²) >= 11 is 0. The van der Waals surface area contributed by atoms with Gasteiger partial charge in [-0.15, -0.1) is 0 Å². The highest BCUT2D eigenvalue weighted by Gasteiger charge is 2.09. The number of phenols is 1. The van der Waals surface area contributed by atoms with Crippen molar-refractivity contribution in [3.05, 3.63) is 77.4 Å². The SMILES string of the molecule is CCOc1ccc(CCCc2ccc(OCc3ccc(OC)cc3)cc2O)c(OCC)c1. The zero-order chi connectivity index (χ0) is 22.8. The summed E-state index contributed by atoms with van der Waals surface area (Å²) in [5.74, 6) is 3.41. The quantitative estimate of drug-likeness (QED) is 0.380. The van der Waals surface area contributed by atoms with Gasteiger partial charge in [0.15, 0.2) is 0 Å². The number of methoxy groups -OCH3 is 1. The van der Waals surface area contributed by atoms with E-state index in [-0.39, 0.29) is 5.75 Å². The summed E-state index contributed by atoms with van der Waals surface area (Å²) in [6, 6.07) is 19.2. The monoisotopic (exact) mass is 436 g/mol. The minimum absolute atomic E-state index is 0.258. The molecule has 3 aromatic carbocycles. The van der Waals surface area contributed by atoms with E-state index in [1.54, 1.807) is 13.2 Å². The van der Waals surface area contributed by atoms with E-state index in [0.717, 1.165) is 53.2 Å². The van der Waals surface area contributed by atoms with E-state index >= 15 is 0 Å². The van der Waals surface area contributed by atoms with Gasteiger partial charge < -0.3 is 24.1 Å². The molecular weight excluding hydrogens is 404 g/mol. The molecule has 0 spiro atoms. The lowest BCUT2D eigenvalue weighted by atomic mass is 10.0. The van der Waals surface area contributed by atoms with Crippen LogP contribution in [0, 0.1) is 0 Å².